The predicted molar refractivity (Wildman–Crippen MR) is 122 cm³/mol. The largest absolute Gasteiger partial charge is 0.496 e. The summed E-state index contributed by atoms with van der Waals surface area (Å²) in [7, 11) is 1.58. The van der Waals surface area contributed by atoms with Crippen LogP contribution in [0.4, 0.5) is 4.39 Å². The van der Waals surface area contributed by atoms with Crippen LogP contribution in [0.15, 0.2) is 36.5 Å². The number of halogens is 1. The predicted octanol–water partition coefficient (Wildman–Crippen LogP) is 3.54. The number of ether oxygens (including phenoxy) is 1. The lowest BCUT2D eigenvalue weighted by molar-refractivity contribution is -0.137. The fourth-order valence-electron chi connectivity index (χ4n) is 4.85. The Balaban J connectivity index is 1.29. The number of pyridine rings is 1. The van der Waals surface area contributed by atoms with Gasteiger partial charge in [-0.25, -0.2) is 9.37 Å². The van der Waals surface area contributed by atoms with Crippen molar-refractivity contribution in [1.82, 2.24) is 19.8 Å². The zero-order chi connectivity index (χ0) is 22.9. The normalized spacial score (nSPS) is 17.7. The zero-order valence-corrected chi connectivity index (χ0v) is 18.6. The van der Waals surface area contributed by atoms with E-state index in [0.717, 1.165) is 48.2 Å². The number of fused-ring (bicyclic) bond motifs is 1. The van der Waals surface area contributed by atoms with Gasteiger partial charge in [0.1, 0.15) is 17.2 Å². The topological polar surface area (TPSA) is 85.2 Å². The van der Waals surface area contributed by atoms with E-state index < -0.39 is 0 Å². The molecule has 4 heterocycles. The molecule has 0 bridgehead atoms. The summed E-state index contributed by atoms with van der Waals surface area (Å²) in [6.07, 6.45) is 3.61. The SMILES string of the molecule is COc1ccc(F)cc1-c1ccnc2[nH]c(C3CCN(CC(=O)N4CC(C#N)C4)CC3)cc12. The summed E-state index contributed by atoms with van der Waals surface area (Å²) in [5.41, 5.74) is 3.47. The zero-order valence-electron chi connectivity index (χ0n) is 18.6. The molecule has 2 aliphatic heterocycles. The van der Waals surface area contributed by atoms with Crippen molar-refractivity contribution in [3.05, 3.63) is 48.0 Å². The van der Waals surface area contributed by atoms with Crippen molar-refractivity contribution in [2.45, 2.75) is 18.8 Å². The number of hydrogen-bond acceptors (Lipinski definition) is 5. The third-order valence-corrected chi connectivity index (χ3v) is 6.81. The van der Waals surface area contributed by atoms with Crippen LogP contribution in [0, 0.1) is 23.1 Å². The molecule has 8 heteroatoms. The summed E-state index contributed by atoms with van der Waals surface area (Å²) in [4.78, 5) is 24.3. The number of nitriles is 1. The van der Waals surface area contributed by atoms with Crippen molar-refractivity contribution >= 4 is 16.9 Å². The van der Waals surface area contributed by atoms with E-state index in [4.69, 9.17) is 10.00 Å². The molecule has 1 aromatic carbocycles. The Kier molecular flexibility index (Phi) is 5.73. The van der Waals surface area contributed by atoms with Crippen LogP contribution in [0.25, 0.3) is 22.2 Å². The molecule has 2 aliphatic rings. The van der Waals surface area contributed by atoms with Gasteiger partial charge in [0.15, 0.2) is 0 Å². The third-order valence-electron chi connectivity index (χ3n) is 6.81. The van der Waals surface area contributed by atoms with Crippen LogP contribution >= 0.6 is 0 Å². The van der Waals surface area contributed by atoms with Crippen molar-refractivity contribution in [2.24, 2.45) is 5.92 Å². The van der Waals surface area contributed by atoms with E-state index in [0.29, 0.717) is 36.9 Å². The molecule has 0 radical (unpaired) electrons. The monoisotopic (exact) mass is 447 g/mol. The molecule has 0 atom stereocenters. The van der Waals surface area contributed by atoms with Crippen LogP contribution in [-0.2, 0) is 4.79 Å². The Labute approximate surface area is 191 Å². The number of carbonyl (C=O) groups excluding carboxylic acids is 1. The summed E-state index contributed by atoms with van der Waals surface area (Å²) < 4.78 is 19.4. The highest BCUT2D eigenvalue weighted by Crippen LogP contribution is 2.37. The lowest BCUT2D eigenvalue weighted by atomic mass is 9.93. The van der Waals surface area contributed by atoms with Crippen LogP contribution in [0.5, 0.6) is 5.75 Å². The number of piperidine rings is 1. The molecule has 0 saturated carbocycles. The number of rotatable bonds is 5. The molecule has 7 nitrogen and oxygen atoms in total. The van der Waals surface area contributed by atoms with Crippen molar-refractivity contribution < 1.29 is 13.9 Å². The van der Waals surface area contributed by atoms with E-state index in [2.05, 4.69) is 27.0 Å². The van der Waals surface area contributed by atoms with Gasteiger partial charge < -0.3 is 14.6 Å². The number of amides is 1. The lowest BCUT2D eigenvalue weighted by Crippen LogP contribution is -2.53. The molecular formula is C25H26FN5O2. The standard InChI is InChI=1S/C25H26FN5O2/c1-33-23-3-2-18(26)10-20(23)19-4-7-28-25-21(19)11-22(29-25)17-5-8-30(9-6-17)15-24(32)31-13-16(12-27)14-31/h2-4,7,10-11,16-17H,5-6,8-9,13-15H2,1H3,(H,28,29). The highest BCUT2D eigenvalue weighted by Gasteiger charge is 2.32. The number of carbonyl (C=O) groups is 1. The van der Waals surface area contributed by atoms with Gasteiger partial charge >= 0.3 is 0 Å². The maximum Gasteiger partial charge on any atom is 0.236 e. The summed E-state index contributed by atoms with van der Waals surface area (Å²) in [6, 6.07) is 10.7. The minimum absolute atomic E-state index is 0.00690. The number of hydrogen-bond donors (Lipinski definition) is 1. The molecule has 2 fully saturated rings. The molecule has 5 rings (SSSR count). The Hall–Kier alpha value is -3.44. The second-order valence-corrected chi connectivity index (χ2v) is 8.87. The van der Waals surface area contributed by atoms with Gasteiger partial charge in [-0.2, -0.15) is 5.26 Å². The molecule has 2 aromatic heterocycles. The van der Waals surface area contributed by atoms with Crippen molar-refractivity contribution in [3.8, 4) is 22.9 Å². The average Bonchev–Trinajstić information content (AvgIpc) is 3.23. The van der Waals surface area contributed by atoms with Crippen LogP contribution in [0.3, 0.4) is 0 Å². The van der Waals surface area contributed by atoms with Gasteiger partial charge in [0.2, 0.25) is 5.91 Å². The van der Waals surface area contributed by atoms with E-state index in [1.54, 1.807) is 24.3 Å². The molecule has 170 valence electrons. The van der Waals surface area contributed by atoms with Gasteiger partial charge in [0.05, 0.1) is 25.6 Å². The van der Waals surface area contributed by atoms with Gasteiger partial charge in [0.25, 0.3) is 0 Å². The highest BCUT2D eigenvalue weighted by atomic mass is 19.1. The van der Waals surface area contributed by atoms with Gasteiger partial charge in [0, 0.05) is 41.8 Å². The van der Waals surface area contributed by atoms with Gasteiger partial charge in [-0.15, -0.1) is 0 Å². The molecule has 3 aromatic rings. The highest BCUT2D eigenvalue weighted by molar-refractivity contribution is 5.95. The summed E-state index contributed by atoms with van der Waals surface area (Å²) in [5.74, 6) is 0.763. The smallest absolute Gasteiger partial charge is 0.236 e. The number of aromatic amines is 1. The number of benzene rings is 1. The summed E-state index contributed by atoms with van der Waals surface area (Å²) in [5, 5.41) is 9.83. The molecule has 0 unspecified atom stereocenters. The van der Waals surface area contributed by atoms with Crippen molar-refractivity contribution in [3.63, 3.8) is 0 Å². The van der Waals surface area contributed by atoms with E-state index in [1.807, 2.05) is 6.07 Å². The van der Waals surface area contributed by atoms with Crippen LogP contribution in [0.1, 0.15) is 24.5 Å². The van der Waals surface area contributed by atoms with Crippen molar-refractivity contribution in [1.29, 1.82) is 5.26 Å². The Morgan fingerprint density at radius 1 is 1.24 bits per heavy atom. The minimum atomic E-state index is -0.310. The maximum absolute atomic E-state index is 14.0. The van der Waals surface area contributed by atoms with Gasteiger partial charge in [-0.1, -0.05) is 0 Å². The van der Waals surface area contributed by atoms with Gasteiger partial charge in [-0.05, 0) is 61.8 Å². The second-order valence-electron chi connectivity index (χ2n) is 8.87. The molecule has 1 amide bonds. The Morgan fingerprint density at radius 2 is 2.03 bits per heavy atom. The van der Waals surface area contributed by atoms with Crippen molar-refractivity contribution in [2.75, 3.05) is 39.8 Å². The molecule has 0 spiro atoms. The summed E-state index contributed by atoms with van der Waals surface area (Å²) >= 11 is 0. The fourth-order valence-corrected chi connectivity index (χ4v) is 4.85. The first-order chi connectivity index (χ1) is 16.1. The van der Waals surface area contributed by atoms with E-state index in [9.17, 15) is 9.18 Å². The molecule has 2 saturated heterocycles. The number of aromatic nitrogens is 2. The quantitative estimate of drug-likeness (QED) is 0.647. The third kappa shape index (κ3) is 4.16. The van der Waals surface area contributed by atoms with E-state index in [1.165, 1.54) is 12.1 Å². The number of methoxy groups -OCH3 is 1. The Bertz CT molecular complexity index is 1220. The van der Waals surface area contributed by atoms with E-state index >= 15 is 0 Å². The first-order valence-electron chi connectivity index (χ1n) is 11.3. The lowest BCUT2D eigenvalue weighted by Gasteiger charge is -2.38. The number of H-pyrrole nitrogens is 1. The van der Waals surface area contributed by atoms with Crippen LogP contribution in [-0.4, -0.2) is 65.5 Å². The number of nitrogens with one attached hydrogen (secondary N) is 1. The number of likely N-dealkylation sites (tertiary alicyclic amines) is 2. The molecule has 0 aliphatic carbocycles. The van der Waals surface area contributed by atoms with Crippen LogP contribution in [0.2, 0.25) is 0 Å². The average molecular weight is 448 g/mol. The van der Waals surface area contributed by atoms with Gasteiger partial charge in [-0.3, -0.25) is 9.69 Å². The number of nitrogens with zero attached hydrogens (tertiary/aromatic N) is 4. The molecule has 33 heavy (non-hydrogen) atoms. The minimum Gasteiger partial charge on any atom is -0.496 e. The summed E-state index contributed by atoms with van der Waals surface area (Å²) in [6.45, 7) is 3.24. The first-order valence-corrected chi connectivity index (χ1v) is 11.3. The van der Waals surface area contributed by atoms with Crippen LogP contribution < -0.4 is 4.74 Å². The molecule has 1 N–H and O–H groups in total. The second kappa shape index (κ2) is 8.83. The van der Waals surface area contributed by atoms with E-state index in [-0.39, 0.29) is 17.6 Å². The Morgan fingerprint density at radius 3 is 2.76 bits per heavy atom. The first kappa shape index (κ1) is 21.4. The fraction of sp³-hybridized carbons (Fsp3) is 0.400. The molecular weight excluding hydrogens is 421 g/mol. The maximum atomic E-state index is 14.0.